The highest BCUT2D eigenvalue weighted by Gasteiger charge is 2.27. The average Bonchev–Trinajstić information content (AvgIpc) is 2.71. The molecule has 0 bridgehead atoms. The minimum Gasteiger partial charge on any atom is -0.497 e. The lowest BCUT2D eigenvalue weighted by Crippen LogP contribution is -2.38. The molecule has 0 radical (unpaired) electrons. The van der Waals surface area contributed by atoms with Crippen molar-refractivity contribution >= 4 is 15.9 Å². The van der Waals surface area contributed by atoms with Crippen LogP contribution in [0.2, 0.25) is 0 Å². The van der Waals surface area contributed by atoms with Gasteiger partial charge >= 0.3 is 0 Å². The van der Waals surface area contributed by atoms with Gasteiger partial charge in [-0.2, -0.15) is 4.31 Å². The molecule has 1 N–H and O–H groups in total. The summed E-state index contributed by atoms with van der Waals surface area (Å²) in [4.78, 5) is 12.1. The van der Waals surface area contributed by atoms with Crippen LogP contribution >= 0.6 is 0 Å². The van der Waals surface area contributed by atoms with Crippen LogP contribution in [0, 0.1) is 0 Å². The molecule has 0 saturated carbocycles. The Morgan fingerprint density at radius 1 is 0.964 bits per heavy atom. The van der Waals surface area contributed by atoms with E-state index in [2.05, 4.69) is 5.32 Å². The van der Waals surface area contributed by atoms with Crippen molar-refractivity contribution in [1.82, 2.24) is 9.62 Å². The number of hydrogen-bond donors (Lipinski definition) is 1. The molecule has 0 aliphatic rings. The summed E-state index contributed by atoms with van der Waals surface area (Å²) in [5.74, 6) is 0.833. The lowest BCUT2D eigenvalue weighted by atomic mass is 10.2. The Hall–Kier alpha value is -2.78. The molecule has 0 saturated heterocycles. The van der Waals surface area contributed by atoms with Crippen LogP contribution in [-0.2, 0) is 21.4 Å². The van der Waals surface area contributed by atoms with Gasteiger partial charge < -0.3 is 19.5 Å². The number of rotatable bonds is 9. The fourth-order valence-corrected chi connectivity index (χ4v) is 3.73. The SMILES string of the molecule is COc1ccc(CNC(=O)CN(C)S(=O)(=O)c2cc(OC)ccc2OC)cc1. The number of carbonyl (C=O) groups is 1. The normalized spacial score (nSPS) is 11.2. The van der Waals surface area contributed by atoms with Gasteiger partial charge in [0.15, 0.2) is 0 Å². The number of amides is 1. The Labute approximate surface area is 165 Å². The molecule has 1 amide bonds. The summed E-state index contributed by atoms with van der Waals surface area (Å²) in [5.41, 5.74) is 0.870. The van der Waals surface area contributed by atoms with Crippen LogP contribution in [0.5, 0.6) is 17.2 Å². The number of carbonyl (C=O) groups excluding carboxylic acids is 1. The second-order valence-electron chi connectivity index (χ2n) is 5.90. The van der Waals surface area contributed by atoms with Crippen molar-refractivity contribution in [2.75, 3.05) is 34.9 Å². The monoisotopic (exact) mass is 408 g/mol. The Balaban J connectivity index is 2.05. The predicted molar refractivity (Wildman–Crippen MR) is 104 cm³/mol. The van der Waals surface area contributed by atoms with Gasteiger partial charge in [-0.05, 0) is 29.8 Å². The van der Waals surface area contributed by atoms with Gasteiger partial charge in [0.25, 0.3) is 0 Å². The van der Waals surface area contributed by atoms with E-state index in [0.29, 0.717) is 11.5 Å². The van der Waals surface area contributed by atoms with E-state index >= 15 is 0 Å². The summed E-state index contributed by atoms with van der Waals surface area (Å²) in [5, 5.41) is 2.70. The first-order valence-electron chi connectivity index (χ1n) is 8.39. The number of nitrogens with zero attached hydrogens (tertiary/aromatic N) is 1. The second-order valence-corrected chi connectivity index (χ2v) is 7.92. The Kier molecular flexibility index (Phi) is 7.24. The van der Waals surface area contributed by atoms with Crippen molar-refractivity contribution in [1.29, 1.82) is 0 Å². The van der Waals surface area contributed by atoms with E-state index in [-0.39, 0.29) is 23.7 Å². The first-order valence-corrected chi connectivity index (χ1v) is 9.83. The smallest absolute Gasteiger partial charge is 0.247 e. The maximum Gasteiger partial charge on any atom is 0.247 e. The number of sulfonamides is 1. The summed E-state index contributed by atoms with van der Waals surface area (Å²) >= 11 is 0. The van der Waals surface area contributed by atoms with Crippen molar-refractivity contribution in [3.63, 3.8) is 0 Å². The van der Waals surface area contributed by atoms with Gasteiger partial charge in [-0.15, -0.1) is 0 Å². The molecule has 0 aliphatic heterocycles. The molecule has 152 valence electrons. The molecule has 0 aliphatic carbocycles. The third kappa shape index (κ3) is 5.14. The summed E-state index contributed by atoms with van der Waals surface area (Å²) in [6, 6.07) is 11.7. The lowest BCUT2D eigenvalue weighted by molar-refractivity contribution is -0.121. The van der Waals surface area contributed by atoms with Crippen LogP contribution in [0.3, 0.4) is 0 Å². The van der Waals surface area contributed by atoms with Gasteiger partial charge in [0, 0.05) is 19.7 Å². The Bertz CT molecular complexity index is 913. The van der Waals surface area contributed by atoms with E-state index in [4.69, 9.17) is 14.2 Å². The van der Waals surface area contributed by atoms with Gasteiger partial charge in [-0.3, -0.25) is 4.79 Å². The molecule has 2 aromatic rings. The third-order valence-corrected chi connectivity index (χ3v) is 5.90. The summed E-state index contributed by atoms with van der Waals surface area (Å²) in [7, 11) is 1.77. The Morgan fingerprint density at radius 3 is 2.14 bits per heavy atom. The molecular formula is C19H24N2O6S. The van der Waals surface area contributed by atoms with Crippen LogP contribution in [-0.4, -0.2) is 53.6 Å². The highest BCUT2D eigenvalue weighted by Crippen LogP contribution is 2.30. The van der Waals surface area contributed by atoms with Crippen LogP contribution in [0.4, 0.5) is 0 Å². The van der Waals surface area contributed by atoms with Gasteiger partial charge in [-0.25, -0.2) is 8.42 Å². The molecule has 2 aromatic carbocycles. The average molecular weight is 408 g/mol. The molecule has 0 spiro atoms. The minimum atomic E-state index is -3.95. The number of benzene rings is 2. The molecule has 9 heteroatoms. The fraction of sp³-hybridized carbons (Fsp3) is 0.316. The van der Waals surface area contributed by atoms with Gasteiger partial charge in [0.05, 0.1) is 27.9 Å². The van der Waals surface area contributed by atoms with Crippen molar-refractivity contribution < 1.29 is 27.4 Å². The van der Waals surface area contributed by atoms with E-state index < -0.39 is 15.9 Å². The molecule has 8 nitrogen and oxygen atoms in total. The summed E-state index contributed by atoms with van der Waals surface area (Å²) < 4.78 is 42.0. The van der Waals surface area contributed by atoms with Crippen LogP contribution in [0.1, 0.15) is 5.56 Å². The first kappa shape index (κ1) is 21.5. The van der Waals surface area contributed by atoms with Crippen molar-refractivity contribution in [2.45, 2.75) is 11.4 Å². The predicted octanol–water partition coefficient (Wildman–Crippen LogP) is 1.65. The summed E-state index contributed by atoms with van der Waals surface area (Å²) in [6.45, 7) is -0.0575. The van der Waals surface area contributed by atoms with E-state index in [9.17, 15) is 13.2 Å². The zero-order valence-electron chi connectivity index (χ0n) is 16.3. The van der Waals surface area contributed by atoms with Gasteiger partial charge in [-0.1, -0.05) is 12.1 Å². The van der Waals surface area contributed by atoms with E-state index in [1.807, 2.05) is 12.1 Å². The number of likely N-dealkylation sites (N-methyl/N-ethyl adjacent to an activating group) is 1. The maximum atomic E-state index is 12.9. The molecule has 28 heavy (non-hydrogen) atoms. The standard InChI is InChI=1S/C19H24N2O6S/c1-21(13-19(22)20-12-14-5-7-15(25-2)8-6-14)28(23,24)18-11-16(26-3)9-10-17(18)27-4/h5-11H,12-13H2,1-4H3,(H,20,22). The summed E-state index contributed by atoms with van der Waals surface area (Å²) in [6.07, 6.45) is 0. The van der Waals surface area contributed by atoms with E-state index in [1.165, 1.54) is 33.4 Å². The van der Waals surface area contributed by atoms with E-state index in [0.717, 1.165) is 9.87 Å². The zero-order valence-corrected chi connectivity index (χ0v) is 17.1. The fourth-order valence-electron chi connectivity index (χ4n) is 2.44. The molecule has 2 rings (SSSR count). The highest BCUT2D eigenvalue weighted by molar-refractivity contribution is 7.89. The van der Waals surface area contributed by atoms with Crippen LogP contribution in [0.15, 0.2) is 47.4 Å². The van der Waals surface area contributed by atoms with Crippen molar-refractivity contribution in [3.8, 4) is 17.2 Å². The minimum absolute atomic E-state index is 0.0696. The maximum absolute atomic E-state index is 12.9. The highest BCUT2D eigenvalue weighted by atomic mass is 32.2. The largest absolute Gasteiger partial charge is 0.497 e. The van der Waals surface area contributed by atoms with Gasteiger partial charge in [0.2, 0.25) is 15.9 Å². The van der Waals surface area contributed by atoms with Crippen LogP contribution < -0.4 is 19.5 Å². The van der Waals surface area contributed by atoms with Crippen LogP contribution in [0.25, 0.3) is 0 Å². The number of nitrogens with one attached hydrogen (secondary N) is 1. The molecule has 0 fully saturated rings. The Morgan fingerprint density at radius 2 is 1.57 bits per heavy atom. The number of hydrogen-bond acceptors (Lipinski definition) is 6. The zero-order chi connectivity index (χ0) is 20.7. The molecule has 0 aromatic heterocycles. The number of methoxy groups -OCH3 is 3. The van der Waals surface area contributed by atoms with Gasteiger partial charge in [0.1, 0.15) is 22.1 Å². The second kappa shape index (κ2) is 9.43. The quantitative estimate of drug-likeness (QED) is 0.678. The van der Waals surface area contributed by atoms with Crippen molar-refractivity contribution in [3.05, 3.63) is 48.0 Å². The third-order valence-electron chi connectivity index (χ3n) is 4.07. The first-order chi connectivity index (χ1) is 13.3. The molecule has 0 atom stereocenters. The molecule has 0 unspecified atom stereocenters. The lowest BCUT2D eigenvalue weighted by Gasteiger charge is -2.19. The van der Waals surface area contributed by atoms with Crippen molar-refractivity contribution in [2.24, 2.45) is 0 Å². The molecule has 0 heterocycles. The topological polar surface area (TPSA) is 94.2 Å². The van der Waals surface area contributed by atoms with E-state index in [1.54, 1.807) is 25.3 Å². The molecular weight excluding hydrogens is 384 g/mol. The number of ether oxygens (including phenoxy) is 3.